The van der Waals surface area contributed by atoms with Crippen LogP contribution in [0, 0.1) is 0 Å². The minimum Gasteiger partial charge on any atom is -0.334 e. The molecule has 1 aromatic rings. The second kappa shape index (κ2) is 6.50. The highest BCUT2D eigenvalue weighted by molar-refractivity contribution is 9.10. The number of carbonyl (C=O) groups excluding carboxylic acids is 2. The van der Waals surface area contributed by atoms with Crippen molar-refractivity contribution in [3.8, 4) is 0 Å². The van der Waals surface area contributed by atoms with E-state index in [0.29, 0.717) is 6.54 Å². The second-order valence-corrected chi connectivity index (χ2v) is 4.18. The molecule has 86 valence electrons. The van der Waals surface area contributed by atoms with Crippen LogP contribution in [-0.2, 0) is 11.3 Å². The van der Waals surface area contributed by atoms with Crippen LogP contribution < -0.4 is 10.6 Å². The first-order chi connectivity index (χ1) is 7.61. The van der Waals surface area contributed by atoms with E-state index in [1.807, 2.05) is 24.3 Å². The van der Waals surface area contributed by atoms with Crippen molar-refractivity contribution < 1.29 is 9.59 Å². The average Bonchev–Trinajstić information content (AvgIpc) is 2.26. The van der Waals surface area contributed by atoms with Gasteiger partial charge in [0, 0.05) is 11.0 Å². The third kappa shape index (κ3) is 4.63. The lowest BCUT2D eigenvalue weighted by Gasteiger charge is -2.05. The Balaban J connectivity index is 2.40. The van der Waals surface area contributed by atoms with Gasteiger partial charge in [0.2, 0.25) is 5.91 Å². The largest absolute Gasteiger partial charge is 0.334 e. The van der Waals surface area contributed by atoms with Gasteiger partial charge in [-0.1, -0.05) is 28.1 Å². The van der Waals surface area contributed by atoms with Crippen molar-refractivity contribution in [1.82, 2.24) is 10.6 Å². The first-order valence-corrected chi connectivity index (χ1v) is 5.82. The summed E-state index contributed by atoms with van der Waals surface area (Å²) in [6.45, 7) is 0.348. The fraction of sp³-hybridized carbons (Fsp3) is 0.200. The van der Waals surface area contributed by atoms with Crippen LogP contribution in [0.3, 0.4) is 0 Å². The van der Waals surface area contributed by atoms with Gasteiger partial charge in [-0.2, -0.15) is 0 Å². The molecule has 0 heterocycles. The molecule has 6 heteroatoms. The van der Waals surface area contributed by atoms with E-state index in [4.69, 9.17) is 11.6 Å². The molecule has 0 aliphatic rings. The maximum atomic E-state index is 11.2. The van der Waals surface area contributed by atoms with Gasteiger partial charge in [0.05, 0.1) is 0 Å². The van der Waals surface area contributed by atoms with Gasteiger partial charge in [0.15, 0.2) is 0 Å². The van der Waals surface area contributed by atoms with E-state index in [-0.39, 0.29) is 5.88 Å². The molecule has 0 spiro atoms. The Bertz CT molecular complexity index is 398. The summed E-state index contributed by atoms with van der Waals surface area (Å²) in [5.74, 6) is -0.752. The van der Waals surface area contributed by atoms with E-state index in [0.717, 1.165) is 10.0 Å². The lowest BCUT2D eigenvalue weighted by atomic mass is 10.2. The first kappa shape index (κ1) is 13.0. The summed E-state index contributed by atoms with van der Waals surface area (Å²) >= 11 is 8.56. The number of rotatable bonds is 3. The number of nitrogens with one attached hydrogen (secondary N) is 2. The molecular formula is C10H10BrClN2O2. The molecule has 0 bridgehead atoms. The van der Waals surface area contributed by atoms with Crippen molar-refractivity contribution >= 4 is 39.5 Å². The summed E-state index contributed by atoms with van der Waals surface area (Å²) in [6, 6.07) is 6.95. The smallest absolute Gasteiger partial charge is 0.321 e. The van der Waals surface area contributed by atoms with E-state index < -0.39 is 11.9 Å². The molecule has 0 saturated carbocycles. The number of amides is 3. The van der Waals surface area contributed by atoms with E-state index >= 15 is 0 Å². The fourth-order valence-electron chi connectivity index (χ4n) is 1.03. The van der Waals surface area contributed by atoms with Gasteiger partial charge in [0.25, 0.3) is 0 Å². The number of alkyl halides is 1. The quantitative estimate of drug-likeness (QED) is 0.839. The summed E-state index contributed by atoms with van der Waals surface area (Å²) in [6.07, 6.45) is 0. The minimum atomic E-state index is -0.550. The SMILES string of the molecule is O=C(CCl)NC(=O)NCc1cccc(Br)c1. The molecular weight excluding hydrogens is 295 g/mol. The Morgan fingerprint density at radius 3 is 2.75 bits per heavy atom. The molecule has 0 radical (unpaired) electrons. The average molecular weight is 306 g/mol. The Morgan fingerprint density at radius 2 is 2.12 bits per heavy atom. The van der Waals surface area contributed by atoms with Crippen LogP contribution in [0.1, 0.15) is 5.56 Å². The van der Waals surface area contributed by atoms with E-state index in [1.54, 1.807) is 0 Å². The summed E-state index contributed by atoms with van der Waals surface area (Å²) in [4.78, 5) is 21.9. The summed E-state index contributed by atoms with van der Waals surface area (Å²) in [7, 11) is 0. The van der Waals surface area contributed by atoms with Crippen LogP contribution in [0.25, 0.3) is 0 Å². The topological polar surface area (TPSA) is 58.2 Å². The molecule has 0 unspecified atom stereocenters. The maximum absolute atomic E-state index is 11.2. The summed E-state index contributed by atoms with van der Waals surface area (Å²) in [5, 5.41) is 4.62. The third-order valence-corrected chi connectivity index (χ3v) is 2.45. The molecule has 1 aromatic carbocycles. The third-order valence-electron chi connectivity index (χ3n) is 1.72. The number of carbonyl (C=O) groups is 2. The summed E-state index contributed by atoms with van der Waals surface area (Å²) < 4.78 is 0.934. The number of halogens is 2. The number of urea groups is 1. The molecule has 0 aromatic heterocycles. The van der Waals surface area contributed by atoms with Crippen molar-refractivity contribution in [1.29, 1.82) is 0 Å². The number of imide groups is 1. The molecule has 4 nitrogen and oxygen atoms in total. The molecule has 3 amide bonds. The zero-order valence-corrected chi connectivity index (χ0v) is 10.6. The number of hydrogen-bond donors (Lipinski definition) is 2. The standard InChI is InChI=1S/C10H10BrClN2O2/c11-8-3-1-2-7(4-8)6-13-10(16)14-9(15)5-12/h1-4H,5-6H2,(H2,13,14,15,16). The van der Waals surface area contributed by atoms with E-state index in [2.05, 4.69) is 26.6 Å². The first-order valence-electron chi connectivity index (χ1n) is 4.50. The Hall–Kier alpha value is -1.07. The summed E-state index contributed by atoms with van der Waals surface area (Å²) in [5.41, 5.74) is 0.933. The second-order valence-electron chi connectivity index (χ2n) is 2.99. The van der Waals surface area contributed by atoms with Gasteiger partial charge < -0.3 is 5.32 Å². The highest BCUT2D eigenvalue weighted by Gasteiger charge is 2.05. The Morgan fingerprint density at radius 1 is 1.38 bits per heavy atom. The zero-order chi connectivity index (χ0) is 12.0. The minimum absolute atomic E-state index is 0.232. The van der Waals surface area contributed by atoms with E-state index in [1.165, 1.54) is 0 Å². The highest BCUT2D eigenvalue weighted by Crippen LogP contribution is 2.11. The lowest BCUT2D eigenvalue weighted by Crippen LogP contribution is -2.39. The van der Waals surface area contributed by atoms with Crippen molar-refractivity contribution in [2.45, 2.75) is 6.54 Å². The maximum Gasteiger partial charge on any atom is 0.321 e. The van der Waals surface area contributed by atoms with Gasteiger partial charge in [-0.15, -0.1) is 11.6 Å². The Kier molecular flexibility index (Phi) is 5.28. The predicted molar refractivity (Wildman–Crippen MR) is 65.2 cm³/mol. The molecule has 0 atom stereocenters. The molecule has 0 fully saturated rings. The molecule has 0 aliphatic carbocycles. The van der Waals surface area contributed by atoms with Crippen molar-refractivity contribution in [2.24, 2.45) is 0 Å². The fourth-order valence-corrected chi connectivity index (χ4v) is 1.55. The van der Waals surface area contributed by atoms with Crippen LogP contribution in [0.2, 0.25) is 0 Å². The predicted octanol–water partition coefficient (Wildman–Crippen LogP) is 2.01. The van der Waals surface area contributed by atoms with Crippen molar-refractivity contribution in [2.75, 3.05) is 5.88 Å². The Labute approximate surface area is 106 Å². The van der Waals surface area contributed by atoms with Crippen LogP contribution in [-0.4, -0.2) is 17.8 Å². The van der Waals surface area contributed by atoms with Crippen LogP contribution >= 0.6 is 27.5 Å². The molecule has 2 N–H and O–H groups in total. The van der Waals surface area contributed by atoms with Gasteiger partial charge >= 0.3 is 6.03 Å². The van der Waals surface area contributed by atoms with Crippen molar-refractivity contribution in [3.05, 3.63) is 34.3 Å². The monoisotopic (exact) mass is 304 g/mol. The van der Waals surface area contributed by atoms with Gasteiger partial charge in [-0.25, -0.2) is 4.79 Å². The lowest BCUT2D eigenvalue weighted by molar-refractivity contribution is -0.117. The van der Waals surface area contributed by atoms with Crippen LogP contribution in [0.4, 0.5) is 4.79 Å². The van der Waals surface area contributed by atoms with Crippen molar-refractivity contribution in [3.63, 3.8) is 0 Å². The normalized spacial score (nSPS) is 9.62. The van der Waals surface area contributed by atoms with E-state index in [9.17, 15) is 9.59 Å². The molecule has 0 aliphatic heterocycles. The highest BCUT2D eigenvalue weighted by atomic mass is 79.9. The molecule has 16 heavy (non-hydrogen) atoms. The number of benzene rings is 1. The van der Waals surface area contributed by atoms with Crippen LogP contribution in [0.15, 0.2) is 28.7 Å². The molecule has 0 saturated heterocycles. The molecule has 1 rings (SSSR count). The zero-order valence-electron chi connectivity index (χ0n) is 8.30. The van der Waals surface area contributed by atoms with Gasteiger partial charge in [0.1, 0.15) is 5.88 Å². The van der Waals surface area contributed by atoms with Gasteiger partial charge in [-0.05, 0) is 17.7 Å². The van der Waals surface area contributed by atoms with Gasteiger partial charge in [-0.3, -0.25) is 10.1 Å². The number of hydrogen-bond acceptors (Lipinski definition) is 2. The van der Waals surface area contributed by atoms with Crippen LogP contribution in [0.5, 0.6) is 0 Å².